The van der Waals surface area contributed by atoms with Gasteiger partial charge in [0, 0.05) is 7.05 Å². The van der Waals surface area contributed by atoms with Crippen LogP contribution in [0.5, 0.6) is 0 Å². The fourth-order valence-corrected chi connectivity index (χ4v) is 1.68. The maximum absolute atomic E-state index is 11.8. The van der Waals surface area contributed by atoms with E-state index in [0.717, 1.165) is 17.7 Å². The second-order valence-electron chi connectivity index (χ2n) is 5.70. The van der Waals surface area contributed by atoms with E-state index in [1.165, 1.54) is 7.05 Å². The van der Waals surface area contributed by atoms with Crippen LogP contribution in [0.25, 0.3) is 0 Å². The van der Waals surface area contributed by atoms with Gasteiger partial charge in [-0.3, -0.25) is 4.90 Å². The number of ether oxygens (including phenoxy) is 1. The monoisotopic (exact) mass is 259 g/mol. The zero-order valence-electron chi connectivity index (χ0n) is 11.2. The molecule has 0 heterocycles. The Hall–Kier alpha value is -1.30. The predicted octanol–water partition coefficient (Wildman–Crippen LogP) is 1.08. The van der Waals surface area contributed by atoms with E-state index in [1.807, 2.05) is 0 Å². The maximum atomic E-state index is 11.8. The van der Waals surface area contributed by atoms with Crippen molar-refractivity contribution in [1.82, 2.24) is 4.90 Å². The van der Waals surface area contributed by atoms with Crippen LogP contribution >= 0.6 is 0 Å². The van der Waals surface area contributed by atoms with Crippen molar-refractivity contribution >= 4 is 12.1 Å². The van der Waals surface area contributed by atoms with E-state index in [4.69, 9.17) is 9.84 Å². The van der Waals surface area contributed by atoms with Crippen molar-refractivity contribution in [3.8, 4) is 0 Å². The molecule has 0 aromatic carbocycles. The molecule has 0 radical (unpaired) electrons. The molecule has 0 aliphatic heterocycles. The normalized spacial score (nSPS) is 18.9. The number of nitrogens with zero attached hydrogens (tertiary/aromatic N) is 1. The highest BCUT2D eigenvalue weighted by Gasteiger charge is 2.43. The maximum Gasteiger partial charge on any atom is 0.410 e. The fraction of sp³-hybridized carbons (Fsp3) is 0.833. The molecular weight excluding hydrogens is 238 g/mol. The summed E-state index contributed by atoms with van der Waals surface area (Å²) in [5, 5.41) is 19.0. The Kier molecular flexibility index (Phi) is 4.21. The quantitative estimate of drug-likeness (QED) is 0.788. The zero-order chi connectivity index (χ0) is 14.1. The number of aliphatic hydroxyl groups excluding tert-OH is 1. The number of rotatable bonds is 4. The summed E-state index contributed by atoms with van der Waals surface area (Å²) >= 11 is 0. The lowest BCUT2D eigenvalue weighted by molar-refractivity contribution is -0.147. The highest BCUT2D eigenvalue weighted by molar-refractivity contribution is 5.80. The van der Waals surface area contributed by atoms with Crippen LogP contribution in [-0.4, -0.2) is 52.0 Å². The molecule has 1 rings (SSSR count). The summed E-state index contributed by atoms with van der Waals surface area (Å²) in [6, 6.07) is -1.26. The average molecular weight is 259 g/mol. The number of carbonyl (C=O) groups excluding carboxylic acids is 1. The van der Waals surface area contributed by atoms with Gasteiger partial charge in [-0.1, -0.05) is 0 Å². The summed E-state index contributed by atoms with van der Waals surface area (Å²) in [5.41, 5.74) is -0.696. The molecule has 0 aromatic rings. The summed E-state index contributed by atoms with van der Waals surface area (Å²) in [6.07, 6.45) is -0.185. The van der Waals surface area contributed by atoms with Gasteiger partial charge in [0.25, 0.3) is 0 Å². The van der Waals surface area contributed by atoms with Gasteiger partial charge in [0.05, 0.1) is 6.10 Å². The lowest BCUT2D eigenvalue weighted by Gasteiger charge is -2.30. The molecule has 0 spiro atoms. The molecule has 2 atom stereocenters. The second-order valence-corrected chi connectivity index (χ2v) is 5.70. The van der Waals surface area contributed by atoms with Crippen LogP contribution in [0.2, 0.25) is 0 Å². The van der Waals surface area contributed by atoms with Gasteiger partial charge in [0.2, 0.25) is 0 Å². The molecule has 18 heavy (non-hydrogen) atoms. The Morgan fingerprint density at radius 1 is 1.33 bits per heavy atom. The van der Waals surface area contributed by atoms with Gasteiger partial charge >= 0.3 is 12.1 Å². The van der Waals surface area contributed by atoms with Crippen molar-refractivity contribution < 1.29 is 24.5 Å². The van der Waals surface area contributed by atoms with E-state index in [-0.39, 0.29) is 5.92 Å². The largest absolute Gasteiger partial charge is 0.480 e. The van der Waals surface area contributed by atoms with Crippen molar-refractivity contribution in [1.29, 1.82) is 0 Å². The SMILES string of the molecule is CN(C(=O)OC(C)(C)C)[C@H](C(=O)O)[C@@H](O)C1CC1. The van der Waals surface area contributed by atoms with Crippen LogP contribution in [0, 0.1) is 5.92 Å². The Bertz CT molecular complexity index is 332. The Balaban J connectivity index is 2.73. The summed E-state index contributed by atoms with van der Waals surface area (Å²) in [5.74, 6) is -1.25. The molecular formula is C12H21NO5. The van der Waals surface area contributed by atoms with Crippen LogP contribution in [0.3, 0.4) is 0 Å². The van der Waals surface area contributed by atoms with Crippen LogP contribution in [-0.2, 0) is 9.53 Å². The van der Waals surface area contributed by atoms with Crippen LogP contribution in [0.4, 0.5) is 4.79 Å². The van der Waals surface area contributed by atoms with Crippen molar-refractivity contribution in [3.05, 3.63) is 0 Å². The first-order valence-corrected chi connectivity index (χ1v) is 6.00. The average Bonchev–Trinajstić information content (AvgIpc) is 2.96. The van der Waals surface area contributed by atoms with Gasteiger partial charge in [-0.15, -0.1) is 0 Å². The number of hydrogen-bond acceptors (Lipinski definition) is 4. The minimum absolute atomic E-state index is 0.0315. The Labute approximate surface area is 107 Å². The minimum Gasteiger partial charge on any atom is -0.480 e. The number of carboxylic acids is 1. The lowest BCUT2D eigenvalue weighted by Crippen LogP contribution is -2.51. The number of aliphatic carboxylic acids is 1. The molecule has 104 valence electrons. The molecule has 1 fully saturated rings. The number of carboxylic acid groups (broad SMARTS) is 1. The number of aliphatic hydroxyl groups is 1. The lowest BCUT2D eigenvalue weighted by atomic mass is 10.1. The molecule has 1 aliphatic carbocycles. The highest BCUT2D eigenvalue weighted by atomic mass is 16.6. The smallest absolute Gasteiger partial charge is 0.410 e. The molecule has 2 N–H and O–H groups in total. The van der Waals surface area contributed by atoms with E-state index in [0.29, 0.717) is 0 Å². The van der Waals surface area contributed by atoms with Gasteiger partial charge in [0.1, 0.15) is 5.60 Å². The van der Waals surface area contributed by atoms with Crippen molar-refractivity contribution in [2.24, 2.45) is 5.92 Å². The molecule has 0 saturated heterocycles. The van der Waals surface area contributed by atoms with Crippen LogP contribution in [0.1, 0.15) is 33.6 Å². The summed E-state index contributed by atoms with van der Waals surface area (Å²) in [4.78, 5) is 23.9. The summed E-state index contributed by atoms with van der Waals surface area (Å²) in [6.45, 7) is 5.10. The molecule has 0 unspecified atom stereocenters. The van der Waals surface area contributed by atoms with Crippen molar-refractivity contribution in [2.75, 3.05) is 7.05 Å². The molecule has 6 nitrogen and oxygen atoms in total. The topological polar surface area (TPSA) is 87.1 Å². The summed E-state index contributed by atoms with van der Waals surface area (Å²) in [7, 11) is 1.33. The number of amides is 1. The molecule has 1 amide bonds. The summed E-state index contributed by atoms with van der Waals surface area (Å²) < 4.78 is 5.09. The first-order chi connectivity index (χ1) is 8.13. The zero-order valence-corrected chi connectivity index (χ0v) is 11.2. The van der Waals surface area contributed by atoms with Crippen LogP contribution in [0.15, 0.2) is 0 Å². The second kappa shape index (κ2) is 5.14. The van der Waals surface area contributed by atoms with E-state index in [9.17, 15) is 14.7 Å². The van der Waals surface area contributed by atoms with E-state index < -0.39 is 29.8 Å². The molecule has 6 heteroatoms. The van der Waals surface area contributed by atoms with Gasteiger partial charge < -0.3 is 14.9 Å². The van der Waals surface area contributed by atoms with Gasteiger partial charge in [-0.25, -0.2) is 9.59 Å². The van der Waals surface area contributed by atoms with Crippen LogP contribution < -0.4 is 0 Å². The molecule has 0 aromatic heterocycles. The predicted molar refractivity (Wildman–Crippen MR) is 64.2 cm³/mol. The third kappa shape index (κ3) is 3.87. The number of carbonyl (C=O) groups is 2. The van der Waals surface area contributed by atoms with Gasteiger partial charge in [0.15, 0.2) is 6.04 Å². The van der Waals surface area contributed by atoms with E-state index in [1.54, 1.807) is 20.8 Å². The van der Waals surface area contributed by atoms with Crippen molar-refractivity contribution in [2.45, 2.75) is 51.4 Å². The fourth-order valence-electron chi connectivity index (χ4n) is 1.68. The van der Waals surface area contributed by atoms with Gasteiger partial charge in [-0.2, -0.15) is 0 Å². The third-order valence-corrected chi connectivity index (χ3v) is 2.78. The first-order valence-electron chi connectivity index (χ1n) is 6.00. The van der Waals surface area contributed by atoms with E-state index >= 15 is 0 Å². The molecule has 1 saturated carbocycles. The Morgan fingerprint density at radius 2 is 1.83 bits per heavy atom. The molecule has 0 bridgehead atoms. The number of likely N-dealkylation sites (N-methyl/N-ethyl adjacent to an activating group) is 1. The highest BCUT2D eigenvalue weighted by Crippen LogP contribution is 2.35. The first kappa shape index (κ1) is 14.8. The third-order valence-electron chi connectivity index (χ3n) is 2.78. The van der Waals surface area contributed by atoms with E-state index in [2.05, 4.69) is 0 Å². The molecule has 1 aliphatic rings. The van der Waals surface area contributed by atoms with Crippen molar-refractivity contribution in [3.63, 3.8) is 0 Å². The Morgan fingerprint density at radius 3 is 2.17 bits per heavy atom. The minimum atomic E-state index is -1.26. The number of hydrogen-bond donors (Lipinski definition) is 2. The standard InChI is InChI=1S/C12H21NO5/c1-12(2,3)18-11(17)13(4)8(10(15)16)9(14)7-5-6-7/h7-9,14H,5-6H2,1-4H3,(H,15,16)/t8-,9-/m0/s1. The van der Waals surface area contributed by atoms with Gasteiger partial charge in [-0.05, 0) is 39.5 Å².